The first-order chi connectivity index (χ1) is 9.10. The second kappa shape index (κ2) is 5.79. The normalized spacial score (nSPS) is 10.1. The summed E-state index contributed by atoms with van der Waals surface area (Å²) in [6.45, 7) is 0. The number of carbonyl (C=O) groups excluding carboxylic acids is 1. The van der Waals surface area contributed by atoms with Crippen molar-refractivity contribution in [3.05, 3.63) is 52.5 Å². The smallest absolute Gasteiger partial charge is 0.257 e. The molecule has 19 heavy (non-hydrogen) atoms. The van der Waals surface area contributed by atoms with Crippen LogP contribution >= 0.6 is 15.9 Å². The van der Waals surface area contributed by atoms with Crippen LogP contribution in [0.3, 0.4) is 0 Å². The Bertz CT molecular complexity index is 619. The number of ether oxygens (including phenoxy) is 1. The predicted molar refractivity (Wildman–Crippen MR) is 72.8 cm³/mol. The molecule has 0 saturated heterocycles. The minimum Gasteiger partial charge on any atom is -0.497 e. The molecule has 0 aliphatic heterocycles. The number of methoxy groups -OCH3 is 1. The van der Waals surface area contributed by atoms with E-state index in [1.807, 2.05) is 0 Å². The minimum atomic E-state index is -0.530. The van der Waals surface area contributed by atoms with Crippen molar-refractivity contribution >= 4 is 27.5 Å². The second-order valence-corrected chi connectivity index (χ2v) is 4.61. The van der Waals surface area contributed by atoms with Crippen LogP contribution in [-0.4, -0.2) is 18.0 Å². The van der Waals surface area contributed by atoms with Crippen LogP contribution in [0.25, 0.3) is 0 Å². The summed E-state index contributed by atoms with van der Waals surface area (Å²) in [5.41, 5.74) is 0.390. The molecular weight excluding hydrogens is 315 g/mol. The molecule has 0 aliphatic rings. The SMILES string of the molecule is COc1ccc(F)c(NC(=O)c2cncc(Br)c2)c1. The number of benzene rings is 1. The molecule has 4 nitrogen and oxygen atoms in total. The van der Waals surface area contributed by atoms with E-state index in [0.717, 1.165) is 0 Å². The largest absolute Gasteiger partial charge is 0.497 e. The maximum absolute atomic E-state index is 13.6. The van der Waals surface area contributed by atoms with Gasteiger partial charge in [-0.1, -0.05) is 0 Å². The molecule has 0 atom stereocenters. The lowest BCUT2D eigenvalue weighted by molar-refractivity contribution is 0.102. The number of carbonyl (C=O) groups is 1. The monoisotopic (exact) mass is 324 g/mol. The molecule has 0 spiro atoms. The Morgan fingerprint density at radius 1 is 1.37 bits per heavy atom. The minimum absolute atomic E-state index is 0.0596. The highest BCUT2D eigenvalue weighted by Crippen LogP contribution is 2.22. The van der Waals surface area contributed by atoms with Gasteiger partial charge in [-0.15, -0.1) is 0 Å². The molecule has 0 unspecified atom stereocenters. The lowest BCUT2D eigenvalue weighted by atomic mass is 10.2. The van der Waals surface area contributed by atoms with Crippen molar-refractivity contribution in [2.24, 2.45) is 0 Å². The number of amides is 1. The number of anilines is 1. The van der Waals surface area contributed by atoms with E-state index in [1.54, 1.807) is 12.3 Å². The van der Waals surface area contributed by atoms with E-state index in [9.17, 15) is 9.18 Å². The Labute approximate surface area is 117 Å². The van der Waals surface area contributed by atoms with Crippen molar-refractivity contribution in [1.29, 1.82) is 0 Å². The van der Waals surface area contributed by atoms with Gasteiger partial charge in [0.2, 0.25) is 0 Å². The standard InChI is InChI=1S/C13H10BrFN2O2/c1-19-10-2-3-11(15)12(5-10)17-13(18)8-4-9(14)7-16-6-8/h2-7H,1H3,(H,17,18). The van der Waals surface area contributed by atoms with Gasteiger partial charge in [-0.05, 0) is 34.1 Å². The lowest BCUT2D eigenvalue weighted by Gasteiger charge is -2.08. The van der Waals surface area contributed by atoms with Gasteiger partial charge >= 0.3 is 0 Å². The van der Waals surface area contributed by atoms with Gasteiger partial charge in [-0.25, -0.2) is 4.39 Å². The van der Waals surface area contributed by atoms with Gasteiger partial charge in [0.05, 0.1) is 18.4 Å². The lowest BCUT2D eigenvalue weighted by Crippen LogP contribution is -2.13. The van der Waals surface area contributed by atoms with Crippen LogP contribution in [0.4, 0.5) is 10.1 Å². The van der Waals surface area contributed by atoms with E-state index in [2.05, 4.69) is 26.2 Å². The van der Waals surface area contributed by atoms with Crippen molar-refractivity contribution in [2.75, 3.05) is 12.4 Å². The molecular formula is C13H10BrFN2O2. The second-order valence-electron chi connectivity index (χ2n) is 3.69. The van der Waals surface area contributed by atoms with Crippen molar-refractivity contribution < 1.29 is 13.9 Å². The number of nitrogens with one attached hydrogen (secondary N) is 1. The number of pyridine rings is 1. The number of aromatic nitrogens is 1. The average Bonchev–Trinajstić information content (AvgIpc) is 2.41. The van der Waals surface area contributed by atoms with Gasteiger partial charge in [0.25, 0.3) is 5.91 Å². The molecule has 0 radical (unpaired) electrons. The Morgan fingerprint density at radius 3 is 2.84 bits per heavy atom. The molecule has 0 fully saturated rings. The molecule has 1 amide bonds. The van der Waals surface area contributed by atoms with Crippen LogP contribution < -0.4 is 10.1 Å². The van der Waals surface area contributed by atoms with Gasteiger partial charge in [0, 0.05) is 22.9 Å². The molecule has 1 heterocycles. The van der Waals surface area contributed by atoms with Crippen LogP contribution in [0, 0.1) is 5.82 Å². The summed E-state index contributed by atoms with van der Waals surface area (Å²) in [4.78, 5) is 15.8. The maximum Gasteiger partial charge on any atom is 0.257 e. The van der Waals surface area contributed by atoms with E-state index in [0.29, 0.717) is 15.8 Å². The number of nitrogens with zero attached hydrogens (tertiary/aromatic N) is 1. The Morgan fingerprint density at radius 2 is 2.16 bits per heavy atom. The first-order valence-electron chi connectivity index (χ1n) is 5.35. The summed E-state index contributed by atoms with van der Waals surface area (Å²) in [6, 6.07) is 5.72. The van der Waals surface area contributed by atoms with Gasteiger partial charge in [-0.3, -0.25) is 9.78 Å². The molecule has 0 saturated carbocycles. The molecule has 2 rings (SSSR count). The third-order valence-electron chi connectivity index (χ3n) is 2.39. The molecule has 1 aromatic heterocycles. The molecule has 1 N–H and O–H groups in total. The zero-order valence-corrected chi connectivity index (χ0v) is 11.6. The fraction of sp³-hybridized carbons (Fsp3) is 0.0769. The molecule has 0 aliphatic carbocycles. The Balaban J connectivity index is 2.23. The van der Waals surface area contributed by atoms with E-state index in [1.165, 1.54) is 31.5 Å². The van der Waals surface area contributed by atoms with Crippen LogP contribution in [0.1, 0.15) is 10.4 Å². The zero-order chi connectivity index (χ0) is 13.8. The fourth-order valence-electron chi connectivity index (χ4n) is 1.46. The zero-order valence-electron chi connectivity index (χ0n) is 9.98. The Hall–Kier alpha value is -1.95. The fourth-order valence-corrected chi connectivity index (χ4v) is 1.82. The summed E-state index contributed by atoms with van der Waals surface area (Å²) in [5, 5.41) is 2.47. The van der Waals surface area contributed by atoms with Crippen LogP contribution in [0.5, 0.6) is 5.75 Å². The highest BCUT2D eigenvalue weighted by molar-refractivity contribution is 9.10. The highest BCUT2D eigenvalue weighted by Gasteiger charge is 2.11. The highest BCUT2D eigenvalue weighted by atomic mass is 79.9. The summed E-state index contributed by atoms with van der Waals surface area (Å²) in [6.07, 6.45) is 2.96. The summed E-state index contributed by atoms with van der Waals surface area (Å²) < 4.78 is 19.2. The number of hydrogen-bond acceptors (Lipinski definition) is 3. The van der Waals surface area contributed by atoms with E-state index < -0.39 is 11.7 Å². The van der Waals surface area contributed by atoms with Crippen molar-refractivity contribution in [3.8, 4) is 5.75 Å². The van der Waals surface area contributed by atoms with Gasteiger partial charge in [0.15, 0.2) is 0 Å². The first-order valence-corrected chi connectivity index (χ1v) is 6.15. The molecule has 1 aromatic carbocycles. The summed E-state index contributed by atoms with van der Waals surface area (Å²) >= 11 is 3.22. The van der Waals surface area contributed by atoms with E-state index in [4.69, 9.17) is 4.74 Å². The van der Waals surface area contributed by atoms with Crippen LogP contribution in [0.15, 0.2) is 41.1 Å². The number of hydrogen-bond donors (Lipinski definition) is 1. The van der Waals surface area contributed by atoms with Crippen LogP contribution in [0.2, 0.25) is 0 Å². The number of rotatable bonds is 3. The van der Waals surface area contributed by atoms with E-state index >= 15 is 0 Å². The maximum atomic E-state index is 13.6. The third-order valence-corrected chi connectivity index (χ3v) is 2.82. The number of halogens is 2. The Kier molecular flexibility index (Phi) is 4.11. The molecule has 0 bridgehead atoms. The topological polar surface area (TPSA) is 51.2 Å². The first kappa shape index (κ1) is 13.5. The van der Waals surface area contributed by atoms with Gasteiger partial charge < -0.3 is 10.1 Å². The third kappa shape index (κ3) is 3.29. The molecule has 6 heteroatoms. The quantitative estimate of drug-likeness (QED) is 0.942. The predicted octanol–water partition coefficient (Wildman–Crippen LogP) is 3.24. The van der Waals surface area contributed by atoms with Crippen molar-refractivity contribution in [3.63, 3.8) is 0 Å². The summed E-state index contributed by atoms with van der Waals surface area (Å²) in [5.74, 6) is -0.512. The summed E-state index contributed by atoms with van der Waals surface area (Å²) in [7, 11) is 1.47. The van der Waals surface area contributed by atoms with Crippen molar-refractivity contribution in [1.82, 2.24) is 4.98 Å². The van der Waals surface area contributed by atoms with Crippen molar-refractivity contribution in [2.45, 2.75) is 0 Å². The average molecular weight is 325 g/mol. The molecule has 98 valence electrons. The van der Waals surface area contributed by atoms with E-state index in [-0.39, 0.29) is 5.69 Å². The van der Waals surface area contributed by atoms with Gasteiger partial charge in [-0.2, -0.15) is 0 Å². The van der Waals surface area contributed by atoms with Gasteiger partial charge in [0.1, 0.15) is 11.6 Å². The van der Waals surface area contributed by atoms with Crippen LogP contribution in [-0.2, 0) is 0 Å². The molecule has 2 aromatic rings.